The number of rotatable bonds is 8. The van der Waals surface area contributed by atoms with Crippen molar-refractivity contribution < 1.29 is 19.0 Å². The SMILES string of the molecule is COc1ccc(N(Cc2cccnc2)c2ccc(C(=O)OC(C)(C)C)c(C)c2)cc1OC1CCCC1. The van der Waals surface area contributed by atoms with E-state index in [9.17, 15) is 4.79 Å². The Bertz CT molecular complexity index is 1180. The van der Waals surface area contributed by atoms with Crippen LogP contribution in [-0.4, -0.2) is 29.8 Å². The highest BCUT2D eigenvalue weighted by Crippen LogP contribution is 2.38. The van der Waals surface area contributed by atoms with Gasteiger partial charge in [-0.3, -0.25) is 4.98 Å². The number of hydrogen-bond donors (Lipinski definition) is 0. The number of pyridine rings is 1. The summed E-state index contributed by atoms with van der Waals surface area (Å²) < 4.78 is 17.6. The van der Waals surface area contributed by atoms with E-state index in [4.69, 9.17) is 14.2 Å². The summed E-state index contributed by atoms with van der Waals surface area (Å²) >= 11 is 0. The van der Waals surface area contributed by atoms with E-state index in [0.29, 0.717) is 12.1 Å². The third-order valence-corrected chi connectivity index (χ3v) is 6.26. The van der Waals surface area contributed by atoms with E-state index in [-0.39, 0.29) is 12.1 Å². The molecule has 0 saturated heterocycles. The fraction of sp³-hybridized carbons (Fsp3) is 0.400. The molecule has 0 N–H and O–H groups in total. The van der Waals surface area contributed by atoms with Crippen molar-refractivity contribution in [3.8, 4) is 11.5 Å². The average molecular weight is 489 g/mol. The predicted molar refractivity (Wildman–Crippen MR) is 142 cm³/mol. The molecule has 1 heterocycles. The number of anilines is 2. The Morgan fingerprint density at radius 3 is 2.39 bits per heavy atom. The summed E-state index contributed by atoms with van der Waals surface area (Å²) in [6.45, 7) is 8.17. The van der Waals surface area contributed by atoms with Gasteiger partial charge in [0.25, 0.3) is 0 Å². The van der Waals surface area contributed by atoms with E-state index in [1.54, 1.807) is 13.3 Å². The summed E-state index contributed by atoms with van der Waals surface area (Å²) in [6, 6.07) is 15.9. The molecule has 3 aromatic rings. The lowest BCUT2D eigenvalue weighted by Crippen LogP contribution is -2.24. The van der Waals surface area contributed by atoms with E-state index in [2.05, 4.69) is 16.0 Å². The monoisotopic (exact) mass is 488 g/mol. The summed E-state index contributed by atoms with van der Waals surface area (Å²) in [6.07, 6.45) is 8.39. The number of esters is 1. The van der Waals surface area contributed by atoms with Crippen LogP contribution in [0.2, 0.25) is 0 Å². The molecule has 1 fully saturated rings. The predicted octanol–water partition coefficient (Wildman–Crippen LogP) is 7.01. The van der Waals surface area contributed by atoms with Crippen LogP contribution < -0.4 is 14.4 Å². The zero-order valence-electron chi connectivity index (χ0n) is 21.9. The van der Waals surface area contributed by atoms with Crippen LogP contribution in [0.5, 0.6) is 11.5 Å². The van der Waals surface area contributed by atoms with Crippen molar-refractivity contribution in [2.75, 3.05) is 12.0 Å². The maximum absolute atomic E-state index is 12.7. The lowest BCUT2D eigenvalue weighted by Gasteiger charge is -2.27. The lowest BCUT2D eigenvalue weighted by atomic mass is 10.1. The Balaban J connectivity index is 1.70. The molecule has 0 atom stereocenters. The molecule has 190 valence electrons. The Kier molecular flexibility index (Phi) is 7.82. The van der Waals surface area contributed by atoms with Crippen LogP contribution in [0.15, 0.2) is 60.9 Å². The van der Waals surface area contributed by atoms with Crippen LogP contribution in [0.1, 0.15) is 67.9 Å². The van der Waals surface area contributed by atoms with Crippen molar-refractivity contribution in [1.82, 2.24) is 4.98 Å². The molecule has 0 aliphatic heterocycles. The van der Waals surface area contributed by atoms with Crippen molar-refractivity contribution in [2.24, 2.45) is 0 Å². The second kappa shape index (κ2) is 11.0. The van der Waals surface area contributed by atoms with Gasteiger partial charge in [-0.1, -0.05) is 6.07 Å². The molecule has 0 radical (unpaired) electrons. The third-order valence-electron chi connectivity index (χ3n) is 6.26. The van der Waals surface area contributed by atoms with E-state index < -0.39 is 5.60 Å². The van der Waals surface area contributed by atoms with Crippen molar-refractivity contribution in [2.45, 2.75) is 71.6 Å². The van der Waals surface area contributed by atoms with E-state index in [1.165, 1.54) is 12.8 Å². The van der Waals surface area contributed by atoms with Gasteiger partial charge in [-0.25, -0.2) is 4.79 Å². The molecule has 6 heteroatoms. The highest BCUT2D eigenvalue weighted by molar-refractivity contribution is 5.92. The summed E-state index contributed by atoms with van der Waals surface area (Å²) in [4.78, 5) is 19.2. The molecule has 2 aromatic carbocycles. The molecule has 0 bridgehead atoms. The van der Waals surface area contributed by atoms with E-state index >= 15 is 0 Å². The number of carbonyl (C=O) groups is 1. The lowest BCUT2D eigenvalue weighted by molar-refractivity contribution is 0.00687. The van der Waals surface area contributed by atoms with Crippen LogP contribution in [-0.2, 0) is 11.3 Å². The molecule has 1 aliphatic rings. The normalized spacial score (nSPS) is 13.9. The molecular formula is C30H36N2O4. The zero-order valence-corrected chi connectivity index (χ0v) is 21.9. The standard InChI is InChI=1S/C30H36N2O4/c1-21-17-23(12-14-26(21)29(33)36-30(2,3)4)32(20-22-9-8-16-31-19-22)24-13-15-27(34-5)28(18-24)35-25-10-6-7-11-25/h8-9,12-19,25H,6-7,10-11,20H2,1-5H3. The summed E-state index contributed by atoms with van der Waals surface area (Å²) in [5.41, 5.74) is 3.87. The summed E-state index contributed by atoms with van der Waals surface area (Å²) in [5, 5.41) is 0. The number of aromatic nitrogens is 1. The van der Waals surface area contributed by atoms with Crippen LogP contribution in [0.25, 0.3) is 0 Å². The molecule has 1 aliphatic carbocycles. The molecule has 1 aromatic heterocycles. The number of ether oxygens (including phenoxy) is 3. The zero-order chi connectivity index (χ0) is 25.7. The maximum atomic E-state index is 12.7. The fourth-order valence-corrected chi connectivity index (χ4v) is 4.49. The van der Waals surface area contributed by atoms with Crippen LogP contribution >= 0.6 is 0 Å². The van der Waals surface area contributed by atoms with Crippen molar-refractivity contribution in [1.29, 1.82) is 0 Å². The molecule has 1 saturated carbocycles. The Morgan fingerprint density at radius 2 is 1.75 bits per heavy atom. The fourth-order valence-electron chi connectivity index (χ4n) is 4.49. The van der Waals surface area contributed by atoms with Gasteiger partial charge in [-0.15, -0.1) is 0 Å². The maximum Gasteiger partial charge on any atom is 0.338 e. The van der Waals surface area contributed by atoms with Gasteiger partial charge in [0.2, 0.25) is 0 Å². The minimum absolute atomic E-state index is 0.219. The quantitative estimate of drug-likeness (QED) is 0.318. The highest BCUT2D eigenvalue weighted by atomic mass is 16.6. The van der Waals surface area contributed by atoms with E-state index in [1.807, 2.05) is 76.4 Å². The Labute approximate surface area is 214 Å². The van der Waals surface area contributed by atoms with Gasteiger partial charge in [0, 0.05) is 36.4 Å². The Morgan fingerprint density at radius 1 is 1.03 bits per heavy atom. The topological polar surface area (TPSA) is 60.9 Å². The second-order valence-corrected chi connectivity index (χ2v) is 10.3. The van der Waals surface area contributed by atoms with Gasteiger partial charge < -0.3 is 19.1 Å². The van der Waals surface area contributed by atoms with Gasteiger partial charge in [-0.2, -0.15) is 0 Å². The minimum Gasteiger partial charge on any atom is -0.493 e. The number of aryl methyl sites for hydroxylation is 1. The number of hydrogen-bond acceptors (Lipinski definition) is 6. The smallest absolute Gasteiger partial charge is 0.338 e. The largest absolute Gasteiger partial charge is 0.493 e. The van der Waals surface area contributed by atoms with E-state index in [0.717, 1.165) is 46.8 Å². The second-order valence-electron chi connectivity index (χ2n) is 10.3. The van der Waals surface area contributed by atoms with Crippen LogP contribution in [0, 0.1) is 6.92 Å². The van der Waals surface area contributed by atoms with Gasteiger partial charge in [0.1, 0.15) is 5.60 Å². The van der Waals surface area contributed by atoms with Crippen LogP contribution in [0.3, 0.4) is 0 Å². The first kappa shape index (κ1) is 25.5. The van der Waals surface area contributed by atoms with Crippen LogP contribution in [0.4, 0.5) is 11.4 Å². The molecule has 6 nitrogen and oxygen atoms in total. The number of carbonyl (C=O) groups excluding carboxylic acids is 1. The number of benzene rings is 2. The van der Waals surface area contributed by atoms with Gasteiger partial charge in [0.05, 0.1) is 18.8 Å². The summed E-state index contributed by atoms with van der Waals surface area (Å²) in [7, 11) is 1.67. The first-order valence-electron chi connectivity index (χ1n) is 12.6. The molecule has 0 spiro atoms. The van der Waals surface area contributed by atoms with Crippen molar-refractivity contribution >= 4 is 17.3 Å². The molecule has 0 unspecified atom stereocenters. The first-order valence-corrected chi connectivity index (χ1v) is 12.6. The molecule has 4 rings (SSSR count). The number of nitrogens with zero attached hydrogens (tertiary/aromatic N) is 2. The Hall–Kier alpha value is -3.54. The minimum atomic E-state index is -0.548. The molecule has 36 heavy (non-hydrogen) atoms. The number of methoxy groups -OCH3 is 1. The van der Waals surface area contributed by atoms with Crippen molar-refractivity contribution in [3.63, 3.8) is 0 Å². The molecular weight excluding hydrogens is 452 g/mol. The van der Waals surface area contributed by atoms with Gasteiger partial charge >= 0.3 is 5.97 Å². The first-order chi connectivity index (χ1) is 17.2. The average Bonchev–Trinajstić information content (AvgIpc) is 3.35. The van der Waals surface area contributed by atoms with Gasteiger partial charge in [-0.05, 0) is 101 Å². The highest BCUT2D eigenvalue weighted by Gasteiger charge is 2.22. The molecule has 0 amide bonds. The van der Waals surface area contributed by atoms with Gasteiger partial charge in [0.15, 0.2) is 11.5 Å². The van der Waals surface area contributed by atoms with Crippen molar-refractivity contribution in [3.05, 3.63) is 77.6 Å². The third kappa shape index (κ3) is 6.36. The summed E-state index contributed by atoms with van der Waals surface area (Å²) in [5.74, 6) is 1.16.